The van der Waals surface area contributed by atoms with E-state index in [1.54, 1.807) is 17.7 Å². The van der Waals surface area contributed by atoms with Gasteiger partial charge < -0.3 is 0 Å². The first-order valence-corrected chi connectivity index (χ1v) is 6.42. The van der Waals surface area contributed by atoms with E-state index in [0.29, 0.717) is 0 Å². The normalized spacial score (nSPS) is 11.1. The SMILES string of the molecule is Cc1c(-c2ccccc2Br)sc2ncnn12. The maximum Gasteiger partial charge on any atom is 0.212 e. The smallest absolute Gasteiger partial charge is 0.208 e. The van der Waals surface area contributed by atoms with Gasteiger partial charge in [-0.3, -0.25) is 0 Å². The first kappa shape index (κ1) is 9.99. The minimum atomic E-state index is 0.934. The topological polar surface area (TPSA) is 30.2 Å². The van der Waals surface area contributed by atoms with Gasteiger partial charge in [-0.25, -0.2) is 9.50 Å². The molecule has 0 unspecified atom stereocenters. The zero-order valence-electron chi connectivity index (χ0n) is 8.51. The van der Waals surface area contributed by atoms with Gasteiger partial charge >= 0.3 is 0 Å². The van der Waals surface area contributed by atoms with Crippen LogP contribution in [0.1, 0.15) is 5.69 Å². The van der Waals surface area contributed by atoms with Crippen LogP contribution in [0.15, 0.2) is 35.1 Å². The maximum absolute atomic E-state index is 4.21. The van der Waals surface area contributed by atoms with E-state index in [1.807, 2.05) is 22.7 Å². The number of hydrogen-bond acceptors (Lipinski definition) is 3. The van der Waals surface area contributed by atoms with Crippen LogP contribution < -0.4 is 0 Å². The molecule has 2 heterocycles. The number of aryl methyl sites for hydroxylation is 1. The molecular formula is C11H8BrN3S. The molecule has 16 heavy (non-hydrogen) atoms. The lowest BCUT2D eigenvalue weighted by Crippen LogP contribution is -1.87. The van der Waals surface area contributed by atoms with E-state index in [4.69, 9.17) is 0 Å². The van der Waals surface area contributed by atoms with Crippen molar-refractivity contribution in [3.63, 3.8) is 0 Å². The van der Waals surface area contributed by atoms with E-state index < -0.39 is 0 Å². The molecule has 3 rings (SSSR count). The molecule has 0 spiro atoms. The number of rotatable bonds is 1. The Kier molecular flexibility index (Phi) is 2.29. The van der Waals surface area contributed by atoms with Crippen LogP contribution in [0.2, 0.25) is 0 Å². The third kappa shape index (κ3) is 1.39. The van der Waals surface area contributed by atoms with Gasteiger partial charge in [-0.2, -0.15) is 5.10 Å². The Labute approximate surface area is 105 Å². The summed E-state index contributed by atoms with van der Waals surface area (Å²) in [5.41, 5.74) is 2.32. The van der Waals surface area contributed by atoms with Crippen molar-refractivity contribution in [3.05, 3.63) is 40.8 Å². The molecule has 0 aliphatic rings. The number of hydrogen-bond donors (Lipinski definition) is 0. The highest BCUT2D eigenvalue weighted by molar-refractivity contribution is 9.10. The summed E-state index contributed by atoms with van der Waals surface area (Å²) >= 11 is 5.23. The zero-order valence-corrected chi connectivity index (χ0v) is 10.9. The van der Waals surface area contributed by atoms with Crippen molar-refractivity contribution < 1.29 is 0 Å². The standard InChI is InChI=1S/C11H8BrN3S/c1-7-10(8-4-2-3-5-9(8)12)16-11-13-6-14-15(7)11/h2-6H,1H3. The molecule has 0 saturated carbocycles. The van der Waals surface area contributed by atoms with E-state index in [-0.39, 0.29) is 0 Å². The first-order valence-electron chi connectivity index (χ1n) is 4.81. The van der Waals surface area contributed by atoms with E-state index in [1.165, 1.54) is 10.4 Å². The molecule has 5 heteroatoms. The molecule has 0 atom stereocenters. The van der Waals surface area contributed by atoms with E-state index in [0.717, 1.165) is 15.1 Å². The summed E-state index contributed by atoms with van der Waals surface area (Å²) in [5.74, 6) is 0. The molecule has 0 radical (unpaired) electrons. The molecule has 0 bridgehead atoms. The van der Waals surface area contributed by atoms with Crippen LogP contribution in [0, 0.1) is 6.92 Å². The molecule has 0 N–H and O–H groups in total. The van der Waals surface area contributed by atoms with Crippen molar-refractivity contribution >= 4 is 32.2 Å². The lowest BCUT2D eigenvalue weighted by atomic mass is 10.2. The molecule has 3 aromatic rings. The highest BCUT2D eigenvalue weighted by atomic mass is 79.9. The number of nitrogens with zero attached hydrogens (tertiary/aromatic N) is 3. The molecule has 2 aromatic heterocycles. The monoisotopic (exact) mass is 293 g/mol. The van der Waals surface area contributed by atoms with Gasteiger partial charge in [-0.05, 0) is 13.0 Å². The van der Waals surface area contributed by atoms with Crippen LogP contribution in [0.3, 0.4) is 0 Å². The van der Waals surface area contributed by atoms with Gasteiger partial charge in [0.15, 0.2) is 0 Å². The Balaban J connectivity index is 2.30. The number of thiazole rings is 1. The highest BCUT2D eigenvalue weighted by Gasteiger charge is 2.13. The van der Waals surface area contributed by atoms with Crippen LogP contribution in [0.5, 0.6) is 0 Å². The van der Waals surface area contributed by atoms with Crippen molar-refractivity contribution in [2.24, 2.45) is 0 Å². The number of aromatic nitrogens is 3. The van der Waals surface area contributed by atoms with Gasteiger partial charge in [0.25, 0.3) is 0 Å². The first-order chi connectivity index (χ1) is 7.77. The average molecular weight is 294 g/mol. The number of fused-ring (bicyclic) bond motifs is 1. The van der Waals surface area contributed by atoms with E-state index in [9.17, 15) is 0 Å². The summed E-state index contributed by atoms with van der Waals surface area (Å²) in [6, 6.07) is 8.20. The fraction of sp³-hybridized carbons (Fsp3) is 0.0909. The van der Waals surface area contributed by atoms with Gasteiger partial charge in [0.1, 0.15) is 6.33 Å². The summed E-state index contributed by atoms with van der Waals surface area (Å²) in [7, 11) is 0. The van der Waals surface area contributed by atoms with Gasteiger partial charge in [0.2, 0.25) is 4.96 Å². The van der Waals surface area contributed by atoms with Crippen LogP contribution in [-0.4, -0.2) is 14.6 Å². The third-order valence-electron chi connectivity index (χ3n) is 2.47. The summed E-state index contributed by atoms with van der Waals surface area (Å²) in [4.78, 5) is 6.36. The van der Waals surface area contributed by atoms with Crippen molar-refractivity contribution in [1.82, 2.24) is 14.6 Å². The largest absolute Gasteiger partial charge is 0.212 e. The lowest BCUT2D eigenvalue weighted by Gasteiger charge is -2.01. The second-order valence-electron chi connectivity index (χ2n) is 3.45. The highest BCUT2D eigenvalue weighted by Crippen LogP contribution is 2.35. The second-order valence-corrected chi connectivity index (χ2v) is 5.28. The summed E-state index contributed by atoms with van der Waals surface area (Å²) in [5, 5.41) is 4.19. The predicted molar refractivity (Wildman–Crippen MR) is 68.7 cm³/mol. The molecule has 80 valence electrons. The Morgan fingerprint density at radius 1 is 1.31 bits per heavy atom. The quantitative estimate of drug-likeness (QED) is 0.687. The third-order valence-corrected chi connectivity index (χ3v) is 4.35. The minimum Gasteiger partial charge on any atom is -0.208 e. The predicted octanol–water partition coefficient (Wildman–Crippen LogP) is 3.53. The summed E-state index contributed by atoms with van der Waals surface area (Å²) in [6.07, 6.45) is 1.59. The van der Waals surface area contributed by atoms with Crippen molar-refractivity contribution in [3.8, 4) is 10.4 Å². The molecule has 0 aliphatic heterocycles. The minimum absolute atomic E-state index is 0.934. The summed E-state index contributed by atoms with van der Waals surface area (Å²) in [6.45, 7) is 2.06. The molecule has 0 aliphatic carbocycles. The van der Waals surface area contributed by atoms with Crippen LogP contribution in [0.4, 0.5) is 0 Å². The fourth-order valence-electron chi connectivity index (χ4n) is 1.69. The number of halogens is 1. The molecule has 1 aromatic carbocycles. The summed E-state index contributed by atoms with van der Waals surface area (Å²) < 4.78 is 2.97. The van der Waals surface area contributed by atoms with Gasteiger partial charge in [0, 0.05) is 10.0 Å². The van der Waals surface area contributed by atoms with Crippen molar-refractivity contribution in [1.29, 1.82) is 0 Å². The lowest BCUT2D eigenvalue weighted by molar-refractivity contribution is 0.933. The average Bonchev–Trinajstić information content (AvgIpc) is 2.83. The Morgan fingerprint density at radius 2 is 2.12 bits per heavy atom. The van der Waals surface area contributed by atoms with Crippen LogP contribution in [-0.2, 0) is 0 Å². The number of benzene rings is 1. The second kappa shape index (κ2) is 3.68. The molecular weight excluding hydrogens is 286 g/mol. The fourth-order valence-corrected chi connectivity index (χ4v) is 3.38. The van der Waals surface area contributed by atoms with Gasteiger partial charge in [0.05, 0.1) is 10.6 Å². The molecule has 0 saturated heterocycles. The van der Waals surface area contributed by atoms with E-state index in [2.05, 4.69) is 39.0 Å². The van der Waals surface area contributed by atoms with Crippen molar-refractivity contribution in [2.45, 2.75) is 6.92 Å². The van der Waals surface area contributed by atoms with Crippen molar-refractivity contribution in [2.75, 3.05) is 0 Å². The van der Waals surface area contributed by atoms with E-state index >= 15 is 0 Å². The Hall–Kier alpha value is -1.20. The van der Waals surface area contributed by atoms with Gasteiger partial charge in [-0.15, -0.1) is 0 Å². The molecule has 0 fully saturated rings. The molecule has 0 amide bonds. The maximum atomic E-state index is 4.21. The molecule has 3 nitrogen and oxygen atoms in total. The Bertz CT molecular complexity index is 656. The van der Waals surface area contributed by atoms with Crippen LogP contribution >= 0.6 is 27.3 Å². The van der Waals surface area contributed by atoms with Crippen LogP contribution in [0.25, 0.3) is 15.4 Å². The Morgan fingerprint density at radius 3 is 2.88 bits per heavy atom. The van der Waals surface area contributed by atoms with Gasteiger partial charge in [-0.1, -0.05) is 45.5 Å². The zero-order chi connectivity index (χ0) is 11.1.